The van der Waals surface area contributed by atoms with Crippen molar-refractivity contribution >= 4 is 41.5 Å². The molecule has 2 aliphatic heterocycles. The highest BCUT2D eigenvalue weighted by Crippen LogP contribution is 2.41. The highest BCUT2D eigenvalue weighted by atomic mass is 127. The van der Waals surface area contributed by atoms with Crippen LogP contribution in [0.3, 0.4) is 0 Å². The normalized spacial score (nSPS) is 18.2. The molecule has 216 valence electrons. The lowest BCUT2D eigenvalue weighted by molar-refractivity contribution is -0.681. The molecule has 0 radical (unpaired) electrons. The minimum atomic E-state index is -0.625. The molecule has 10 nitrogen and oxygen atoms in total. The summed E-state index contributed by atoms with van der Waals surface area (Å²) in [5, 5.41) is 1.10. The summed E-state index contributed by atoms with van der Waals surface area (Å²) in [6.45, 7) is 5.51. The highest BCUT2D eigenvalue weighted by molar-refractivity contribution is 8.01. The molecule has 4 rings (SSSR count). The van der Waals surface area contributed by atoms with E-state index in [1.807, 2.05) is 45.0 Å². The molecule has 2 aromatic rings. The second-order valence-corrected chi connectivity index (χ2v) is 12.2. The maximum Gasteiger partial charge on any atom is 0.463 e. The number of aromatic nitrogens is 1. The van der Waals surface area contributed by atoms with E-state index in [9.17, 15) is 14.4 Å². The summed E-state index contributed by atoms with van der Waals surface area (Å²) in [5.41, 5.74) is 7.29. The fourth-order valence-corrected chi connectivity index (χ4v) is 6.23. The molecule has 2 N–H and O–H groups in total. The number of methoxy groups -OCH3 is 1. The summed E-state index contributed by atoms with van der Waals surface area (Å²) in [6, 6.07) is 10.4. The van der Waals surface area contributed by atoms with Gasteiger partial charge in [-0.1, -0.05) is 21.8 Å². The number of nitrogens with two attached hydrogens (primary N) is 1. The van der Waals surface area contributed by atoms with E-state index in [1.165, 1.54) is 21.7 Å². The molecular weight excluding hydrogens is 667 g/mol. The van der Waals surface area contributed by atoms with Gasteiger partial charge in [-0.15, -0.1) is 23.5 Å². The van der Waals surface area contributed by atoms with Crippen LogP contribution in [-0.4, -0.2) is 65.5 Å². The Balaban J connectivity index is 0.00000441. The first kappa shape index (κ1) is 32.0. The molecular formula is C27H33IN4O6S2. The van der Waals surface area contributed by atoms with Crippen molar-refractivity contribution < 1.29 is 57.2 Å². The van der Waals surface area contributed by atoms with Gasteiger partial charge in [-0.05, 0) is 44.0 Å². The fourth-order valence-electron chi connectivity index (χ4n) is 3.91. The highest BCUT2D eigenvalue weighted by Gasteiger charge is 2.52. The van der Waals surface area contributed by atoms with Crippen LogP contribution in [0.4, 0.5) is 4.79 Å². The average molecular weight is 701 g/mol. The van der Waals surface area contributed by atoms with Crippen LogP contribution in [0.5, 0.6) is 5.75 Å². The van der Waals surface area contributed by atoms with Crippen LogP contribution >= 0.6 is 23.5 Å². The van der Waals surface area contributed by atoms with Crippen molar-refractivity contribution in [2.75, 3.05) is 30.7 Å². The first-order chi connectivity index (χ1) is 18.5. The summed E-state index contributed by atoms with van der Waals surface area (Å²) in [5.74, 6) is 0.935. The molecule has 1 aromatic carbocycles. The molecule has 0 spiro atoms. The Kier molecular flexibility index (Phi) is 10.8. The van der Waals surface area contributed by atoms with Gasteiger partial charge < -0.3 is 43.9 Å². The summed E-state index contributed by atoms with van der Waals surface area (Å²) < 4.78 is 17.8. The first-order valence-corrected chi connectivity index (χ1v) is 14.4. The molecule has 1 fully saturated rings. The van der Waals surface area contributed by atoms with Crippen molar-refractivity contribution in [3.05, 3.63) is 65.6 Å². The molecule has 2 amide bonds. The standard InChI is InChI=1S/C27H33N4O6S2.HI/c1-27(2,3)37-26(34)29(4)30-12-10-20(11-13-30)38-15-18-16-39-24-21(28)23(32)31(24)22(18)25(33)36-14-17-6-8-19(35-5)9-7-17;/h6-13,21,24H,14-16,28H2,1-5H3;1H/q+1;/p-1/t21-,24-;/m1./s1. The third-order valence-corrected chi connectivity index (χ3v) is 8.47. The third-order valence-electron chi connectivity index (χ3n) is 6.01. The molecule has 0 unspecified atom stereocenters. The topological polar surface area (TPSA) is 115 Å². The van der Waals surface area contributed by atoms with Crippen molar-refractivity contribution in [3.8, 4) is 5.75 Å². The molecule has 2 atom stereocenters. The predicted molar refractivity (Wildman–Crippen MR) is 149 cm³/mol. The molecule has 2 aliphatic rings. The van der Waals surface area contributed by atoms with Crippen LogP contribution in [0.15, 0.2) is 65.0 Å². The Bertz CT molecular complexity index is 1270. The molecule has 13 heteroatoms. The fraction of sp³-hybridized carbons (Fsp3) is 0.407. The number of carbonyl (C=O) groups is 3. The predicted octanol–water partition coefficient (Wildman–Crippen LogP) is -0.178. The van der Waals surface area contributed by atoms with Crippen LogP contribution in [0.25, 0.3) is 0 Å². The molecule has 1 saturated heterocycles. The van der Waals surface area contributed by atoms with Crippen LogP contribution in [0, 0.1) is 0 Å². The largest absolute Gasteiger partial charge is 1.00 e. The number of nitrogens with zero attached hydrogens (tertiary/aromatic N) is 3. The van der Waals surface area contributed by atoms with Gasteiger partial charge in [0.1, 0.15) is 35.1 Å². The number of ether oxygens (including phenoxy) is 3. The van der Waals surface area contributed by atoms with Gasteiger partial charge in [0.15, 0.2) is 0 Å². The Hall–Kier alpha value is -2.49. The van der Waals surface area contributed by atoms with Crippen molar-refractivity contribution in [1.82, 2.24) is 4.90 Å². The number of fused-ring (bicyclic) bond motifs is 1. The van der Waals surface area contributed by atoms with Gasteiger partial charge in [-0.3, -0.25) is 9.69 Å². The molecule has 1 aromatic heterocycles. The van der Waals surface area contributed by atoms with Gasteiger partial charge >= 0.3 is 12.1 Å². The first-order valence-electron chi connectivity index (χ1n) is 12.3. The molecule has 40 heavy (non-hydrogen) atoms. The Morgan fingerprint density at radius 3 is 2.42 bits per heavy atom. The number of esters is 1. The van der Waals surface area contributed by atoms with Crippen molar-refractivity contribution in [2.45, 2.75) is 49.3 Å². The number of carbonyl (C=O) groups excluding carboxylic acids is 3. The lowest BCUT2D eigenvalue weighted by atomic mass is 10.0. The van der Waals surface area contributed by atoms with Crippen LogP contribution in [0.1, 0.15) is 26.3 Å². The lowest BCUT2D eigenvalue weighted by Gasteiger charge is -2.48. The Morgan fingerprint density at radius 2 is 1.82 bits per heavy atom. The van der Waals surface area contributed by atoms with Gasteiger partial charge in [0.05, 0.1) is 14.2 Å². The number of rotatable bonds is 8. The number of thioether (sulfide) groups is 2. The van der Waals surface area contributed by atoms with Gasteiger partial charge in [0.25, 0.3) is 0 Å². The zero-order valence-corrected chi connectivity index (χ0v) is 26.7. The zero-order chi connectivity index (χ0) is 28.3. The monoisotopic (exact) mass is 700 g/mol. The summed E-state index contributed by atoms with van der Waals surface area (Å²) in [4.78, 5) is 40.6. The van der Waals surface area contributed by atoms with Crippen molar-refractivity contribution in [2.24, 2.45) is 5.73 Å². The Labute approximate surface area is 259 Å². The minimum absolute atomic E-state index is 0. The number of benzene rings is 1. The van der Waals surface area contributed by atoms with Gasteiger partial charge in [-0.2, -0.15) is 0 Å². The second-order valence-electron chi connectivity index (χ2n) is 10.0. The van der Waals surface area contributed by atoms with E-state index in [1.54, 1.807) is 55.1 Å². The van der Waals surface area contributed by atoms with E-state index in [2.05, 4.69) is 0 Å². The summed E-state index contributed by atoms with van der Waals surface area (Å²) in [7, 11) is 3.21. The summed E-state index contributed by atoms with van der Waals surface area (Å²) >= 11 is 3.07. The van der Waals surface area contributed by atoms with Gasteiger partial charge in [0.2, 0.25) is 18.3 Å². The van der Waals surface area contributed by atoms with Crippen LogP contribution in [0.2, 0.25) is 0 Å². The number of hydrogen-bond acceptors (Lipinski definition) is 9. The number of β-lactam (4-membered cyclic amide) rings is 1. The maximum atomic E-state index is 13.2. The van der Waals surface area contributed by atoms with Crippen molar-refractivity contribution in [3.63, 3.8) is 0 Å². The molecule has 0 saturated carbocycles. The van der Waals surface area contributed by atoms with Gasteiger partial charge in [0, 0.05) is 28.5 Å². The molecule has 0 bridgehead atoms. The molecule has 0 aliphatic carbocycles. The second kappa shape index (κ2) is 13.4. The number of halogens is 1. The smallest absolute Gasteiger partial charge is 0.463 e. The number of amides is 2. The van der Waals surface area contributed by atoms with E-state index in [4.69, 9.17) is 19.9 Å². The van der Waals surface area contributed by atoms with E-state index < -0.39 is 23.7 Å². The number of pyridine rings is 1. The average Bonchev–Trinajstić information content (AvgIpc) is 2.93. The SMILES string of the molecule is COc1ccc(COC(=O)C2=C(CSc3cc[n+](N(C)C(=O)OC(C)(C)C)cc3)CS[C@@H]3[C@H](N)C(=O)N23)cc1.[I-]. The minimum Gasteiger partial charge on any atom is -1.00 e. The zero-order valence-electron chi connectivity index (χ0n) is 23.0. The van der Waals surface area contributed by atoms with E-state index in [-0.39, 0.29) is 47.6 Å². The molecule has 3 heterocycles. The van der Waals surface area contributed by atoms with Gasteiger partial charge in [-0.25, -0.2) is 9.59 Å². The number of hydrogen-bond donors (Lipinski definition) is 1. The Morgan fingerprint density at radius 1 is 1.18 bits per heavy atom. The quantitative estimate of drug-likeness (QED) is 0.132. The lowest BCUT2D eigenvalue weighted by Crippen LogP contribution is -3.00. The van der Waals surface area contributed by atoms with Crippen LogP contribution < -0.4 is 44.1 Å². The van der Waals surface area contributed by atoms with Crippen molar-refractivity contribution in [1.29, 1.82) is 0 Å². The van der Waals surface area contributed by atoms with Crippen LogP contribution in [-0.2, 0) is 25.7 Å². The summed E-state index contributed by atoms with van der Waals surface area (Å²) in [6.07, 6.45) is 3.05. The van der Waals surface area contributed by atoms with E-state index in [0.29, 0.717) is 17.3 Å². The maximum absolute atomic E-state index is 13.2. The van der Waals surface area contributed by atoms with E-state index in [0.717, 1.165) is 16.0 Å². The third kappa shape index (κ3) is 7.42. The van der Waals surface area contributed by atoms with E-state index >= 15 is 0 Å².